The lowest BCUT2D eigenvalue weighted by atomic mass is 10.3. The van der Waals surface area contributed by atoms with Crippen LogP contribution in [0.3, 0.4) is 0 Å². The van der Waals surface area contributed by atoms with Crippen LogP contribution in [0, 0.1) is 5.82 Å². The molecular formula is C12H14FN3O. The van der Waals surface area contributed by atoms with E-state index in [1.807, 2.05) is 6.92 Å². The van der Waals surface area contributed by atoms with Gasteiger partial charge in [-0.1, -0.05) is 0 Å². The van der Waals surface area contributed by atoms with Crippen LogP contribution in [0.15, 0.2) is 30.3 Å². The molecule has 0 saturated carbocycles. The highest BCUT2D eigenvalue weighted by Crippen LogP contribution is 2.14. The maximum absolute atomic E-state index is 12.7. The minimum Gasteiger partial charge on any atom is -0.487 e. The van der Waals surface area contributed by atoms with Crippen molar-refractivity contribution in [2.24, 2.45) is 0 Å². The summed E-state index contributed by atoms with van der Waals surface area (Å²) in [6.45, 7) is 3.01. The maximum atomic E-state index is 12.7. The number of nitrogens with two attached hydrogens (primary N) is 1. The van der Waals surface area contributed by atoms with E-state index in [9.17, 15) is 4.39 Å². The summed E-state index contributed by atoms with van der Waals surface area (Å²) in [4.78, 5) is 0. The number of hydrogen-bond acceptors (Lipinski definition) is 3. The van der Waals surface area contributed by atoms with E-state index < -0.39 is 0 Å². The fourth-order valence-corrected chi connectivity index (χ4v) is 1.50. The number of aryl methyl sites for hydroxylation is 1. The van der Waals surface area contributed by atoms with Crippen LogP contribution in [0.5, 0.6) is 5.75 Å². The molecule has 0 aliphatic heterocycles. The third-order valence-corrected chi connectivity index (χ3v) is 2.36. The standard InChI is InChI=1S/C12H14FN3O/c1-2-16-12(14)7-10(15-16)8-17-11-5-3-9(13)4-6-11/h3-7H,2,8,14H2,1H3. The average molecular weight is 235 g/mol. The lowest BCUT2D eigenvalue weighted by molar-refractivity contribution is 0.299. The maximum Gasteiger partial charge on any atom is 0.132 e. The number of hydrogen-bond donors (Lipinski definition) is 1. The van der Waals surface area contributed by atoms with Crippen LogP contribution in [-0.4, -0.2) is 9.78 Å². The summed E-state index contributed by atoms with van der Waals surface area (Å²) in [5.41, 5.74) is 6.49. The van der Waals surface area contributed by atoms with Gasteiger partial charge in [0.2, 0.25) is 0 Å². The van der Waals surface area contributed by atoms with Gasteiger partial charge < -0.3 is 10.5 Å². The molecule has 2 rings (SSSR count). The molecule has 5 heteroatoms. The molecule has 0 amide bonds. The average Bonchev–Trinajstić information content (AvgIpc) is 2.69. The number of benzene rings is 1. The molecule has 0 fully saturated rings. The molecule has 2 aromatic rings. The fourth-order valence-electron chi connectivity index (χ4n) is 1.50. The van der Waals surface area contributed by atoms with Crippen LogP contribution in [0.25, 0.3) is 0 Å². The molecule has 17 heavy (non-hydrogen) atoms. The third kappa shape index (κ3) is 2.75. The third-order valence-electron chi connectivity index (χ3n) is 2.36. The Kier molecular flexibility index (Phi) is 3.27. The van der Waals surface area contributed by atoms with E-state index in [0.29, 0.717) is 18.2 Å². The smallest absolute Gasteiger partial charge is 0.132 e. The van der Waals surface area contributed by atoms with E-state index in [0.717, 1.165) is 12.2 Å². The first kappa shape index (κ1) is 11.4. The molecule has 1 aromatic heterocycles. The van der Waals surface area contributed by atoms with Gasteiger partial charge in [0.15, 0.2) is 0 Å². The van der Waals surface area contributed by atoms with Crippen molar-refractivity contribution < 1.29 is 9.13 Å². The zero-order valence-electron chi connectivity index (χ0n) is 9.56. The van der Waals surface area contributed by atoms with Gasteiger partial charge in [-0.05, 0) is 31.2 Å². The van der Waals surface area contributed by atoms with Gasteiger partial charge in [0, 0.05) is 12.6 Å². The van der Waals surface area contributed by atoms with Gasteiger partial charge in [0.1, 0.15) is 29.7 Å². The number of halogens is 1. The van der Waals surface area contributed by atoms with E-state index >= 15 is 0 Å². The summed E-state index contributed by atoms with van der Waals surface area (Å²) in [5, 5.41) is 4.25. The summed E-state index contributed by atoms with van der Waals surface area (Å²) in [7, 11) is 0. The van der Waals surface area contributed by atoms with Gasteiger partial charge in [0.25, 0.3) is 0 Å². The second-order valence-electron chi connectivity index (χ2n) is 3.62. The van der Waals surface area contributed by atoms with Crippen LogP contribution >= 0.6 is 0 Å². The predicted molar refractivity (Wildman–Crippen MR) is 63.0 cm³/mol. The summed E-state index contributed by atoms with van der Waals surface area (Å²) < 4.78 is 19.8. The van der Waals surface area contributed by atoms with E-state index in [1.165, 1.54) is 12.1 Å². The minimum atomic E-state index is -0.281. The Morgan fingerprint density at radius 1 is 1.35 bits per heavy atom. The van der Waals surface area contributed by atoms with Crippen LogP contribution in [0.2, 0.25) is 0 Å². The molecule has 0 aliphatic carbocycles. The molecule has 0 saturated heterocycles. The van der Waals surface area contributed by atoms with Crippen LogP contribution in [-0.2, 0) is 13.2 Å². The highest BCUT2D eigenvalue weighted by molar-refractivity contribution is 5.31. The number of rotatable bonds is 4. The number of ether oxygens (including phenoxy) is 1. The van der Waals surface area contributed by atoms with Crippen molar-refractivity contribution in [1.82, 2.24) is 9.78 Å². The number of nitrogens with zero attached hydrogens (tertiary/aromatic N) is 2. The molecule has 4 nitrogen and oxygen atoms in total. The molecule has 2 N–H and O–H groups in total. The van der Waals surface area contributed by atoms with Gasteiger partial charge in [-0.3, -0.25) is 4.68 Å². The van der Waals surface area contributed by atoms with Crippen molar-refractivity contribution in [3.63, 3.8) is 0 Å². The van der Waals surface area contributed by atoms with Gasteiger partial charge in [-0.25, -0.2) is 4.39 Å². The molecule has 1 heterocycles. The van der Waals surface area contributed by atoms with Crippen LogP contribution in [0.1, 0.15) is 12.6 Å². The topological polar surface area (TPSA) is 53.1 Å². The molecule has 0 radical (unpaired) electrons. The molecule has 0 aliphatic rings. The Morgan fingerprint density at radius 2 is 2.06 bits per heavy atom. The lowest BCUT2D eigenvalue weighted by Crippen LogP contribution is -2.02. The molecule has 0 unspecified atom stereocenters. The van der Waals surface area contributed by atoms with Gasteiger partial charge >= 0.3 is 0 Å². The second kappa shape index (κ2) is 4.86. The number of nitrogen functional groups attached to an aromatic ring is 1. The molecule has 1 aromatic carbocycles. The summed E-state index contributed by atoms with van der Waals surface area (Å²) in [5.74, 6) is 0.943. The zero-order chi connectivity index (χ0) is 12.3. The van der Waals surface area contributed by atoms with E-state index in [2.05, 4.69) is 5.10 Å². The van der Waals surface area contributed by atoms with E-state index in [-0.39, 0.29) is 5.82 Å². The zero-order valence-corrected chi connectivity index (χ0v) is 9.56. The molecular weight excluding hydrogens is 221 g/mol. The van der Waals surface area contributed by atoms with Gasteiger partial charge in [0.05, 0.1) is 0 Å². The molecule has 0 bridgehead atoms. The molecule has 0 atom stereocenters. The Hall–Kier alpha value is -2.04. The molecule has 0 spiro atoms. The van der Waals surface area contributed by atoms with E-state index in [1.54, 1.807) is 22.9 Å². The second-order valence-corrected chi connectivity index (χ2v) is 3.62. The molecule has 90 valence electrons. The van der Waals surface area contributed by atoms with Crippen molar-refractivity contribution >= 4 is 5.82 Å². The minimum absolute atomic E-state index is 0.281. The summed E-state index contributed by atoms with van der Waals surface area (Å²) in [6.07, 6.45) is 0. The van der Waals surface area contributed by atoms with Crippen molar-refractivity contribution in [3.05, 3.63) is 41.8 Å². The first-order valence-corrected chi connectivity index (χ1v) is 5.39. The SMILES string of the molecule is CCn1nc(COc2ccc(F)cc2)cc1N. The van der Waals surface area contributed by atoms with Gasteiger partial charge in [-0.2, -0.15) is 5.10 Å². The van der Waals surface area contributed by atoms with Crippen molar-refractivity contribution in [1.29, 1.82) is 0 Å². The van der Waals surface area contributed by atoms with Crippen molar-refractivity contribution in [3.8, 4) is 5.75 Å². The van der Waals surface area contributed by atoms with Crippen LogP contribution in [0.4, 0.5) is 10.2 Å². The highest BCUT2D eigenvalue weighted by atomic mass is 19.1. The van der Waals surface area contributed by atoms with Crippen molar-refractivity contribution in [2.45, 2.75) is 20.1 Å². The summed E-state index contributed by atoms with van der Waals surface area (Å²) in [6, 6.07) is 7.64. The normalized spacial score (nSPS) is 10.5. The predicted octanol–water partition coefficient (Wildman–Crippen LogP) is 2.20. The quantitative estimate of drug-likeness (QED) is 0.883. The van der Waals surface area contributed by atoms with Gasteiger partial charge in [-0.15, -0.1) is 0 Å². The summed E-state index contributed by atoms with van der Waals surface area (Å²) >= 11 is 0. The van der Waals surface area contributed by atoms with Crippen LogP contribution < -0.4 is 10.5 Å². The Morgan fingerprint density at radius 3 is 2.65 bits per heavy atom. The first-order valence-electron chi connectivity index (χ1n) is 5.39. The van der Waals surface area contributed by atoms with E-state index in [4.69, 9.17) is 10.5 Å². The Balaban J connectivity index is 1.99. The highest BCUT2D eigenvalue weighted by Gasteiger charge is 2.04. The Labute approximate surface area is 98.8 Å². The number of aromatic nitrogens is 2. The largest absolute Gasteiger partial charge is 0.487 e. The lowest BCUT2D eigenvalue weighted by Gasteiger charge is -2.03. The van der Waals surface area contributed by atoms with Crippen molar-refractivity contribution in [2.75, 3.05) is 5.73 Å². The number of anilines is 1. The monoisotopic (exact) mass is 235 g/mol. The Bertz CT molecular complexity index is 493. The fraction of sp³-hybridized carbons (Fsp3) is 0.250. The first-order chi connectivity index (χ1) is 8.19.